The number of carboxylic acid groups (broad SMARTS) is 1. The molecule has 0 spiro atoms. The van der Waals surface area contributed by atoms with Gasteiger partial charge in [0.1, 0.15) is 0 Å². The van der Waals surface area contributed by atoms with E-state index in [9.17, 15) is 14.9 Å². The van der Waals surface area contributed by atoms with Crippen LogP contribution in [0, 0.1) is 10.1 Å². The van der Waals surface area contributed by atoms with Crippen LogP contribution in [0.4, 0.5) is 5.69 Å². The highest BCUT2D eigenvalue weighted by Gasteiger charge is 2.17. The summed E-state index contributed by atoms with van der Waals surface area (Å²) in [4.78, 5) is 22.8. The standard InChI is InChI=1S/C12H16N2O5/c1-19-7-6-13(9-12(15)16)8-10-4-2-3-5-11(10)14(17)18/h2-5H,6-9H2,1H3,(H,15,16). The van der Waals surface area contributed by atoms with Crippen LogP contribution in [-0.2, 0) is 16.1 Å². The van der Waals surface area contributed by atoms with Crippen LogP contribution in [0.25, 0.3) is 0 Å². The molecular formula is C12H16N2O5. The molecule has 1 aromatic carbocycles. The molecule has 0 bridgehead atoms. The zero-order valence-corrected chi connectivity index (χ0v) is 10.6. The van der Waals surface area contributed by atoms with Gasteiger partial charge in [0.2, 0.25) is 0 Å². The van der Waals surface area contributed by atoms with Crippen molar-refractivity contribution in [2.75, 3.05) is 26.8 Å². The van der Waals surface area contributed by atoms with Gasteiger partial charge in [0.15, 0.2) is 0 Å². The largest absolute Gasteiger partial charge is 0.480 e. The third kappa shape index (κ3) is 5.02. The van der Waals surface area contributed by atoms with Gasteiger partial charge in [-0.15, -0.1) is 0 Å². The Kier molecular flexibility index (Phi) is 5.91. The molecule has 0 heterocycles. The van der Waals surface area contributed by atoms with E-state index in [-0.39, 0.29) is 18.8 Å². The maximum atomic E-state index is 10.9. The number of aliphatic carboxylic acids is 1. The SMILES string of the molecule is COCCN(CC(=O)O)Cc1ccccc1[N+](=O)[O-]. The number of hydrogen-bond donors (Lipinski definition) is 1. The van der Waals surface area contributed by atoms with Gasteiger partial charge in [0, 0.05) is 31.8 Å². The van der Waals surface area contributed by atoms with Crippen molar-refractivity contribution in [2.45, 2.75) is 6.54 Å². The summed E-state index contributed by atoms with van der Waals surface area (Å²) in [5.41, 5.74) is 0.486. The molecule has 0 aliphatic rings. The molecule has 0 saturated carbocycles. The molecule has 0 aliphatic heterocycles. The number of nitro benzene ring substituents is 1. The first kappa shape index (κ1) is 15.1. The highest BCUT2D eigenvalue weighted by Crippen LogP contribution is 2.19. The Balaban J connectivity index is 2.82. The molecule has 7 nitrogen and oxygen atoms in total. The van der Waals surface area contributed by atoms with Crippen molar-refractivity contribution in [1.29, 1.82) is 0 Å². The molecule has 19 heavy (non-hydrogen) atoms. The molecule has 1 aromatic rings. The average molecular weight is 268 g/mol. The van der Waals surface area contributed by atoms with Crippen molar-refractivity contribution in [3.63, 3.8) is 0 Å². The van der Waals surface area contributed by atoms with Crippen molar-refractivity contribution in [3.8, 4) is 0 Å². The van der Waals surface area contributed by atoms with E-state index >= 15 is 0 Å². The van der Waals surface area contributed by atoms with E-state index in [2.05, 4.69) is 0 Å². The van der Waals surface area contributed by atoms with Crippen molar-refractivity contribution >= 4 is 11.7 Å². The van der Waals surface area contributed by atoms with Crippen LogP contribution in [0.5, 0.6) is 0 Å². The van der Waals surface area contributed by atoms with Crippen molar-refractivity contribution < 1.29 is 19.6 Å². The minimum absolute atomic E-state index is 0.00435. The van der Waals surface area contributed by atoms with Gasteiger partial charge in [-0.05, 0) is 0 Å². The van der Waals surface area contributed by atoms with E-state index < -0.39 is 10.9 Å². The lowest BCUT2D eigenvalue weighted by Crippen LogP contribution is -2.32. The van der Waals surface area contributed by atoms with Crippen LogP contribution < -0.4 is 0 Å². The van der Waals surface area contributed by atoms with E-state index in [0.29, 0.717) is 18.7 Å². The second-order valence-electron chi connectivity index (χ2n) is 3.98. The van der Waals surface area contributed by atoms with Crippen molar-refractivity contribution in [1.82, 2.24) is 4.90 Å². The molecule has 0 amide bonds. The summed E-state index contributed by atoms with van der Waals surface area (Å²) in [7, 11) is 1.52. The predicted molar refractivity (Wildman–Crippen MR) is 67.9 cm³/mol. The Morgan fingerprint density at radius 2 is 2.16 bits per heavy atom. The summed E-state index contributed by atoms with van der Waals surface area (Å²) < 4.78 is 4.90. The van der Waals surface area contributed by atoms with Crippen LogP contribution in [0.15, 0.2) is 24.3 Å². The molecule has 1 N–H and O–H groups in total. The molecule has 0 fully saturated rings. The van der Waals surface area contributed by atoms with Crippen molar-refractivity contribution in [3.05, 3.63) is 39.9 Å². The van der Waals surface area contributed by atoms with Crippen LogP contribution >= 0.6 is 0 Å². The van der Waals surface area contributed by atoms with E-state index in [1.54, 1.807) is 23.1 Å². The monoisotopic (exact) mass is 268 g/mol. The summed E-state index contributed by atoms with van der Waals surface area (Å²) in [6.45, 7) is 0.783. The van der Waals surface area contributed by atoms with Gasteiger partial charge in [-0.25, -0.2) is 0 Å². The summed E-state index contributed by atoms with van der Waals surface area (Å²) in [6, 6.07) is 6.31. The highest BCUT2D eigenvalue weighted by atomic mass is 16.6. The summed E-state index contributed by atoms with van der Waals surface area (Å²) in [5, 5.41) is 19.7. The summed E-state index contributed by atoms with van der Waals surface area (Å²) in [5.74, 6) is -0.977. The Labute approximate surface area is 110 Å². The highest BCUT2D eigenvalue weighted by molar-refractivity contribution is 5.69. The molecule has 0 aromatic heterocycles. The van der Waals surface area contributed by atoms with Gasteiger partial charge in [0.05, 0.1) is 18.1 Å². The fourth-order valence-electron chi connectivity index (χ4n) is 1.69. The Hall–Kier alpha value is -1.99. The third-order valence-corrected chi connectivity index (χ3v) is 2.55. The number of carboxylic acids is 1. The maximum absolute atomic E-state index is 10.9. The summed E-state index contributed by atoms with van der Waals surface area (Å²) in [6.07, 6.45) is 0. The molecule has 0 radical (unpaired) electrons. The second kappa shape index (κ2) is 7.45. The van der Waals surface area contributed by atoms with E-state index in [1.807, 2.05) is 0 Å². The minimum Gasteiger partial charge on any atom is -0.480 e. The van der Waals surface area contributed by atoms with Gasteiger partial charge in [-0.3, -0.25) is 19.8 Å². The van der Waals surface area contributed by atoms with Gasteiger partial charge in [-0.1, -0.05) is 18.2 Å². The van der Waals surface area contributed by atoms with Gasteiger partial charge in [-0.2, -0.15) is 0 Å². The number of nitro groups is 1. The normalized spacial score (nSPS) is 10.6. The molecule has 0 aliphatic carbocycles. The molecular weight excluding hydrogens is 252 g/mol. The van der Waals surface area contributed by atoms with Gasteiger partial charge >= 0.3 is 5.97 Å². The van der Waals surface area contributed by atoms with Crippen LogP contribution in [0.1, 0.15) is 5.56 Å². The lowest BCUT2D eigenvalue weighted by Gasteiger charge is -2.19. The van der Waals surface area contributed by atoms with Gasteiger partial charge in [0.25, 0.3) is 5.69 Å². The second-order valence-corrected chi connectivity index (χ2v) is 3.98. The third-order valence-electron chi connectivity index (χ3n) is 2.55. The zero-order chi connectivity index (χ0) is 14.3. The van der Waals surface area contributed by atoms with Gasteiger partial charge < -0.3 is 9.84 Å². The Morgan fingerprint density at radius 1 is 1.47 bits per heavy atom. The smallest absolute Gasteiger partial charge is 0.317 e. The number of methoxy groups -OCH3 is 1. The Bertz CT molecular complexity index is 450. The first-order valence-corrected chi connectivity index (χ1v) is 5.70. The number of ether oxygens (including phenoxy) is 1. The molecule has 0 atom stereocenters. The topological polar surface area (TPSA) is 92.9 Å². The first-order valence-electron chi connectivity index (χ1n) is 5.70. The van der Waals surface area contributed by atoms with E-state index in [0.717, 1.165) is 0 Å². The number of nitrogens with zero attached hydrogens (tertiary/aromatic N) is 2. The fourth-order valence-corrected chi connectivity index (χ4v) is 1.69. The number of benzene rings is 1. The van der Waals surface area contributed by atoms with Crippen LogP contribution in [-0.4, -0.2) is 47.7 Å². The summed E-state index contributed by atoms with van der Waals surface area (Å²) >= 11 is 0. The maximum Gasteiger partial charge on any atom is 0.317 e. The number of hydrogen-bond acceptors (Lipinski definition) is 5. The van der Waals surface area contributed by atoms with E-state index in [1.165, 1.54) is 13.2 Å². The van der Waals surface area contributed by atoms with E-state index in [4.69, 9.17) is 9.84 Å². The molecule has 7 heteroatoms. The average Bonchev–Trinajstić information content (AvgIpc) is 2.35. The van der Waals surface area contributed by atoms with Crippen LogP contribution in [0.2, 0.25) is 0 Å². The first-order chi connectivity index (χ1) is 9.04. The lowest BCUT2D eigenvalue weighted by atomic mass is 10.1. The molecule has 104 valence electrons. The molecule has 1 rings (SSSR count). The number of carbonyl (C=O) groups is 1. The zero-order valence-electron chi connectivity index (χ0n) is 10.6. The lowest BCUT2D eigenvalue weighted by molar-refractivity contribution is -0.385. The minimum atomic E-state index is -0.977. The van der Waals surface area contributed by atoms with Crippen LogP contribution in [0.3, 0.4) is 0 Å². The number of rotatable bonds is 8. The molecule has 0 unspecified atom stereocenters. The Morgan fingerprint density at radius 3 is 2.74 bits per heavy atom. The van der Waals surface area contributed by atoms with Crippen molar-refractivity contribution in [2.24, 2.45) is 0 Å². The predicted octanol–water partition coefficient (Wildman–Crippen LogP) is 1.13. The quantitative estimate of drug-likeness (QED) is 0.561. The number of para-hydroxylation sites is 1. The molecule has 0 saturated heterocycles. The fraction of sp³-hybridized carbons (Fsp3) is 0.417.